The Balaban J connectivity index is 0.760. The van der Waals surface area contributed by atoms with Crippen molar-refractivity contribution in [2.45, 2.75) is 90.4 Å². The van der Waals surface area contributed by atoms with Crippen molar-refractivity contribution in [1.29, 1.82) is 0 Å². The van der Waals surface area contributed by atoms with Gasteiger partial charge in [0.1, 0.15) is 17.7 Å². The second-order valence-corrected chi connectivity index (χ2v) is 16.3. The van der Waals surface area contributed by atoms with Crippen LogP contribution in [-0.4, -0.2) is 95.8 Å². The fourth-order valence-electron chi connectivity index (χ4n) is 9.12. The number of imidazole rings is 1. The topological polar surface area (TPSA) is 179 Å². The molecule has 4 aliphatic rings. The normalized spacial score (nSPS) is 20.2. The van der Waals surface area contributed by atoms with E-state index in [4.69, 9.17) is 15.1 Å². The number of aromatic nitrogens is 5. The summed E-state index contributed by atoms with van der Waals surface area (Å²) < 4.78 is 1.94. The Hall–Kier alpha value is -6.22. The minimum absolute atomic E-state index is 0.0867. The van der Waals surface area contributed by atoms with E-state index in [1.54, 1.807) is 24.3 Å². The molecule has 6 heterocycles. The van der Waals surface area contributed by atoms with Crippen LogP contribution < -0.4 is 15.5 Å². The van der Waals surface area contributed by atoms with Gasteiger partial charge in [0, 0.05) is 48.9 Å². The Labute approximate surface area is 341 Å². The molecule has 9 rings (SSSR count). The average molecular weight is 797 g/mol. The number of imide groups is 2. The number of aryl methyl sites for hydroxylation is 2. The van der Waals surface area contributed by atoms with Gasteiger partial charge >= 0.3 is 0 Å². The van der Waals surface area contributed by atoms with Crippen molar-refractivity contribution in [3.63, 3.8) is 0 Å². The molecule has 3 N–H and O–H groups in total. The lowest BCUT2D eigenvalue weighted by molar-refractivity contribution is -0.136. The molecule has 0 radical (unpaired) electrons. The molecule has 4 aliphatic heterocycles. The van der Waals surface area contributed by atoms with Crippen molar-refractivity contribution in [3.8, 4) is 11.4 Å². The summed E-state index contributed by atoms with van der Waals surface area (Å²) in [5, 5.41) is 10.1. The molecule has 0 saturated carbocycles. The van der Waals surface area contributed by atoms with Crippen molar-refractivity contribution >= 4 is 51.9 Å². The molecule has 59 heavy (non-hydrogen) atoms. The molecule has 0 aliphatic carbocycles. The van der Waals surface area contributed by atoms with Gasteiger partial charge in [0.25, 0.3) is 17.7 Å². The average Bonchev–Trinajstić information content (AvgIpc) is 4.00. The minimum atomic E-state index is -0.985. The zero-order valence-electron chi connectivity index (χ0n) is 33.4. The molecule has 3 aromatic carbocycles. The van der Waals surface area contributed by atoms with Crippen LogP contribution in [0.1, 0.15) is 101 Å². The predicted octanol–water partition coefficient (Wildman–Crippen LogP) is 5.46. The Morgan fingerprint density at radius 1 is 0.915 bits per heavy atom. The molecule has 5 amide bonds. The van der Waals surface area contributed by atoms with Crippen molar-refractivity contribution in [2.75, 3.05) is 29.9 Å². The number of nitrogens with zero attached hydrogens (tertiary/aromatic N) is 7. The first-order valence-electron chi connectivity index (χ1n) is 20.7. The molecular weight excluding hydrogens is 749 g/mol. The van der Waals surface area contributed by atoms with Gasteiger partial charge in [0.15, 0.2) is 5.82 Å². The van der Waals surface area contributed by atoms with Crippen LogP contribution in [0.5, 0.6) is 0 Å². The molecule has 5 aromatic rings. The predicted molar refractivity (Wildman–Crippen MR) is 221 cm³/mol. The van der Waals surface area contributed by atoms with Gasteiger partial charge < -0.3 is 15.2 Å². The summed E-state index contributed by atoms with van der Waals surface area (Å²) in [6, 6.07) is 18.0. The van der Waals surface area contributed by atoms with Crippen LogP contribution in [-0.2, 0) is 22.7 Å². The molecule has 0 spiro atoms. The molecule has 2 aromatic heterocycles. The van der Waals surface area contributed by atoms with Crippen LogP contribution in [0, 0.1) is 12.8 Å². The third-order valence-corrected chi connectivity index (χ3v) is 12.5. The highest BCUT2D eigenvalue weighted by molar-refractivity contribution is 6.25. The highest BCUT2D eigenvalue weighted by Crippen LogP contribution is 2.36. The molecule has 0 bridgehead atoms. The maximum Gasteiger partial charge on any atom is 0.264 e. The number of likely N-dealkylation sites (tertiary alicyclic amines) is 1. The molecular formula is C44H48N10O5. The maximum absolute atomic E-state index is 13.6. The molecule has 3 saturated heterocycles. The molecule has 15 heteroatoms. The summed E-state index contributed by atoms with van der Waals surface area (Å²) in [6.45, 7) is 8.33. The third kappa shape index (κ3) is 7.62. The highest BCUT2D eigenvalue weighted by atomic mass is 16.2. The van der Waals surface area contributed by atoms with E-state index < -0.39 is 29.7 Å². The lowest BCUT2D eigenvalue weighted by atomic mass is 9.91. The number of carbonyl (C=O) groups excluding carboxylic acids is 5. The van der Waals surface area contributed by atoms with E-state index in [0.717, 1.165) is 97.2 Å². The highest BCUT2D eigenvalue weighted by Gasteiger charge is 2.46. The second-order valence-electron chi connectivity index (χ2n) is 16.3. The van der Waals surface area contributed by atoms with Crippen LogP contribution >= 0.6 is 0 Å². The third-order valence-electron chi connectivity index (χ3n) is 12.5. The number of nitrogens with one attached hydrogen (secondary N) is 3. The van der Waals surface area contributed by atoms with Gasteiger partial charge in [-0.15, -0.1) is 0 Å². The van der Waals surface area contributed by atoms with Gasteiger partial charge in [-0.1, -0.05) is 18.2 Å². The quantitative estimate of drug-likeness (QED) is 0.145. The van der Waals surface area contributed by atoms with E-state index in [9.17, 15) is 24.0 Å². The second kappa shape index (κ2) is 15.9. The lowest BCUT2D eigenvalue weighted by Crippen LogP contribution is -2.54. The molecule has 304 valence electrons. The first kappa shape index (κ1) is 38.3. The fraction of sp³-hybridized carbons (Fsp3) is 0.409. The summed E-state index contributed by atoms with van der Waals surface area (Å²) in [5.41, 5.74) is 5.22. The number of benzene rings is 3. The van der Waals surface area contributed by atoms with Crippen molar-refractivity contribution in [2.24, 2.45) is 5.92 Å². The molecule has 1 unspecified atom stereocenters. The number of hydrogen-bond acceptors (Lipinski definition) is 10. The van der Waals surface area contributed by atoms with E-state index >= 15 is 0 Å². The van der Waals surface area contributed by atoms with E-state index in [2.05, 4.69) is 32.3 Å². The zero-order valence-corrected chi connectivity index (χ0v) is 33.4. The summed E-state index contributed by atoms with van der Waals surface area (Å²) in [7, 11) is 0. The Bertz CT molecular complexity index is 2460. The fourth-order valence-corrected chi connectivity index (χ4v) is 9.12. The van der Waals surface area contributed by atoms with Gasteiger partial charge in [0.05, 0.1) is 34.4 Å². The van der Waals surface area contributed by atoms with Crippen LogP contribution in [0.3, 0.4) is 0 Å². The number of anilines is 2. The van der Waals surface area contributed by atoms with Crippen molar-refractivity contribution in [1.82, 2.24) is 39.8 Å². The van der Waals surface area contributed by atoms with Gasteiger partial charge in [-0.05, 0) is 114 Å². The lowest BCUT2D eigenvalue weighted by Gasteiger charge is -2.34. The van der Waals surface area contributed by atoms with E-state index in [1.165, 1.54) is 12.8 Å². The number of fused-ring (bicyclic) bond motifs is 2. The van der Waals surface area contributed by atoms with E-state index in [1.807, 2.05) is 48.0 Å². The largest absolute Gasteiger partial charge is 0.371 e. The number of carbonyl (C=O) groups is 5. The van der Waals surface area contributed by atoms with Crippen LogP contribution in [0.2, 0.25) is 0 Å². The molecule has 15 nitrogen and oxygen atoms in total. The first-order chi connectivity index (χ1) is 28.6. The number of aromatic amines is 1. The number of H-pyrrole nitrogens is 1. The minimum Gasteiger partial charge on any atom is -0.371 e. The first-order valence-corrected chi connectivity index (χ1v) is 20.7. The van der Waals surface area contributed by atoms with Crippen molar-refractivity contribution < 1.29 is 24.0 Å². The molecule has 3 fully saturated rings. The number of hydrogen-bond donors (Lipinski definition) is 3. The number of rotatable bonds is 11. The van der Waals surface area contributed by atoms with Crippen LogP contribution in [0.25, 0.3) is 22.4 Å². The number of amides is 5. The van der Waals surface area contributed by atoms with Gasteiger partial charge in [0.2, 0.25) is 11.8 Å². The summed E-state index contributed by atoms with van der Waals surface area (Å²) in [6.07, 6.45) is 6.50. The monoisotopic (exact) mass is 796 g/mol. The Kier molecular flexibility index (Phi) is 10.3. The SMILES string of the molecule is Cc1nc(-c2ccc(C(=O)Nc3ccc4nc(CN5CCC[C@@H]5C)[nH]c4c3)cc2)nn1CCCC1CCN(c2cccc3c2C(=O)N(C2CCC(=O)NC2=O)C3=O)CC1. The van der Waals surface area contributed by atoms with Gasteiger partial charge in [-0.25, -0.2) is 14.6 Å². The van der Waals surface area contributed by atoms with E-state index in [0.29, 0.717) is 40.2 Å². The summed E-state index contributed by atoms with van der Waals surface area (Å²) in [5.74, 6) is 0.722. The van der Waals surface area contributed by atoms with Gasteiger partial charge in [-0.2, -0.15) is 5.10 Å². The van der Waals surface area contributed by atoms with Gasteiger partial charge in [-0.3, -0.25) is 39.1 Å². The number of piperidine rings is 2. The zero-order chi connectivity index (χ0) is 40.8. The summed E-state index contributed by atoms with van der Waals surface area (Å²) >= 11 is 0. The standard InChI is InChI=1S/C44H48N10O5/c1-26-6-4-20-52(26)25-37-47-33-15-14-31(24-34(33)48-37)46-41(56)30-12-10-29(11-13-30)40-45-27(2)53(50-40)21-5-7-28-18-22-51(23-19-28)35-9-3-8-32-39(35)44(59)54(43(32)58)36-16-17-38(55)49-42(36)57/h3,8-15,24,26,28,36H,4-7,16-23,25H2,1-2H3,(H,46,56)(H,47,48)(H,49,55,57)/t26-,36?/m0/s1. The summed E-state index contributed by atoms with van der Waals surface area (Å²) in [4.78, 5) is 82.9. The smallest absolute Gasteiger partial charge is 0.264 e. The van der Waals surface area contributed by atoms with Crippen LogP contribution in [0.4, 0.5) is 11.4 Å². The van der Waals surface area contributed by atoms with Crippen molar-refractivity contribution in [3.05, 3.63) is 89.0 Å². The van der Waals surface area contributed by atoms with Crippen LogP contribution in [0.15, 0.2) is 60.7 Å². The Morgan fingerprint density at radius 2 is 1.73 bits per heavy atom. The Morgan fingerprint density at radius 3 is 2.49 bits per heavy atom. The maximum atomic E-state index is 13.6. The van der Waals surface area contributed by atoms with E-state index in [-0.39, 0.29) is 18.7 Å². The molecule has 2 atom stereocenters.